The fourth-order valence-electron chi connectivity index (χ4n) is 9.75. The topological polar surface area (TPSA) is 580 Å². The lowest BCUT2D eigenvalue weighted by atomic mass is 9.94. The maximum atomic E-state index is 14.5. The van der Waals surface area contributed by atoms with Crippen LogP contribution in [0.25, 0.3) is 0 Å². The van der Waals surface area contributed by atoms with Gasteiger partial charge in [0.05, 0.1) is 25.4 Å². The zero-order chi connectivity index (χ0) is 74.0. The van der Waals surface area contributed by atoms with Crippen molar-refractivity contribution < 1.29 is 102 Å². The van der Waals surface area contributed by atoms with Crippen molar-refractivity contribution in [2.24, 2.45) is 35.1 Å². The zero-order valence-electron chi connectivity index (χ0n) is 56.8. The molecule has 1 aliphatic heterocycles. The van der Waals surface area contributed by atoms with Crippen molar-refractivity contribution >= 4 is 101 Å². The molecule has 0 unspecified atom stereocenters. The largest absolute Gasteiger partial charge is 0.481 e. The van der Waals surface area contributed by atoms with Crippen molar-refractivity contribution in [2.45, 2.75) is 238 Å². The molecule has 1 fully saturated rings. The molecule has 0 aromatic carbocycles. The lowest BCUT2D eigenvalue weighted by Gasteiger charge is -2.31. The smallest absolute Gasteiger partial charge is 0.325 e. The summed E-state index contributed by atoms with van der Waals surface area (Å²) in [7, 11) is 0. The number of aliphatic carboxylic acids is 4. The highest BCUT2D eigenvalue weighted by Gasteiger charge is 2.40. The van der Waals surface area contributed by atoms with Crippen LogP contribution >= 0.6 is 0 Å². The Bertz CT molecular complexity index is 2770. The van der Waals surface area contributed by atoms with E-state index in [2.05, 4.69) is 69.1 Å². The molecule has 0 aromatic heterocycles. The van der Waals surface area contributed by atoms with Gasteiger partial charge in [-0.1, -0.05) is 74.7 Å². The van der Waals surface area contributed by atoms with E-state index < -0.39 is 236 Å². The van der Waals surface area contributed by atoms with Gasteiger partial charge in [0.15, 0.2) is 0 Å². The summed E-state index contributed by atoms with van der Waals surface area (Å²) in [6, 6.07) is -17.7. The second-order valence-corrected chi connectivity index (χ2v) is 24.8. The number of carboxylic acid groups (broad SMARTS) is 4. The maximum Gasteiger partial charge on any atom is 0.325 e. The summed E-state index contributed by atoms with van der Waals surface area (Å²) in [5.74, 6) is -21.2. The number of hydrogen-bond acceptors (Lipinski definition) is 19. The highest BCUT2D eigenvalue weighted by atomic mass is 16.4. The Morgan fingerprint density at radius 3 is 1.27 bits per heavy atom. The first-order chi connectivity index (χ1) is 45.4. The Kier molecular flexibility index (Phi) is 38.9. The van der Waals surface area contributed by atoms with Crippen LogP contribution < -0.4 is 80.6 Å². The first-order valence-corrected chi connectivity index (χ1v) is 32.6. The van der Waals surface area contributed by atoms with E-state index in [-0.39, 0.29) is 51.0 Å². The van der Waals surface area contributed by atoms with Gasteiger partial charge in [-0.3, -0.25) is 81.5 Å². The number of primary amides is 1. The summed E-state index contributed by atoms with van der Waals surface area (Å²) in [5.41, 5.74) is 11.2. The summed E-state index contributed by atoms with van der Waals surface area (Å²) in [5, 5.41) is 70.3. The summed E-state index contributed by atoms with van der Waals surface area (Å²) in [4.78, 5) is 224. The minimum Gasteiger partial charge on any atom is -0.481 e. The standard InChI is InChI=1S/C61H103N15O21/c1-11-30(6)47(58(93)72-40(26-45(81)82)55(90)67-34(10)61(96)97)74-53(88)36(17-14-15-23-62)69-57(92)41(27-46(83)84)73-59(94)48(31(7)12-2)76-60(95)49(32(8)13-3)75-54(89)38(19-21-42(63)77)70-56(91)39(25-29(4)5)71-52(87)37(20-22-44(79)80)68-43(78)28-65-50(85)33(9)66-51(86)35-18-16-24-64-35/h29-41,47-49,64H,11-28,62H2,1-10H3,(H2,63,77)(H,65,85)(H,66,86)(H,67,90)(H,68,78)(H,69,92)(H,70,91)(H,71,87)(H,72,93)(H,73,94)(H,74,88)(H,75,89)(H,76,95)(H,79,80)(H,81,82)(H,83,84)(H,96,97)/t30-,31-,32-,33-,34-,35-,36-,37-,38-,39-,40-,41-,47-,48-,49-/m0/s1. The molecule has 13 amide bonds. The quantitative estimate of drug-likeness (QED) is 0.0256. The van der Waals surface area contributed by atoms with Crippen molar-refractivity contribution in [3.8, 4) is 0 Å². The van der Waals surface area contributed by atoms with E-state index >= 15 is 0 Å². The fourth-order valence-corrected chi connectivity index (χ4v) is 9.75. The number of unbranched alkanes of at least 4 members (excludes halogenated alkanes) is 1. The molecule has 1 heterocycles. The van der Waals surface area contributed by atoms with Crippen LogP contribution in [0.3, 0.4) is 0 Å². The molecule has 1 rings (SSSR count). The second kappa shape index (κ2) is 43.9. The summed E-state index contributed by atoms with van der Waals surface area (Å²) < 4.78 is 0. The van der Waals surface area contributed by atoms with E-state index in [9.17, 15) is 102 Å². The lowest BCUT2D eigenvalue weighted by molar-refractivity contribution is -0.144. The summed E-state index contributed by atoms with van der Waals surface area (Å²) >= 11 is 0. The van der Waals surface area contributed by atoms with Gasteiger partial charge in [0.1, 0.15) is 66.5 Å². The number of carbonyl (C=O) groups excluding carboxylic acids is 13. The van der Waals surface area contributed by atoms with Crippen LogP contribution in [0, 0.1) is 23.7 Å². The Morgan fingerprint density at radius 2 is 0.845 bits per heavy atom. The predicted octanol–water partition coefficient (Wildman–Crippen LogP) is -4.30. The van der Waals surface area contributed by atoms with Crippen molar-refractivity contribution in [3.05, 3.63) is 0 Å². The lowest BCUT2D eigenvalue weighted by Crippen LogP contribution is -2.62. The van der Waals surface area contributed by atoms with E-state index in [1.165, 1.54) is 20.8 Å². The predicted molar refractivity (Wildman–Crippen MR) is 345 cm³/mol. The van der Waals surface area contributed by atoms with Crippen molar-refractivity contribution in [2.75, 3.05) is 19.6 Å². The molecule has 0 radical (unpaired) electrons. The van der Waals surface area contributed by atoms with E-state index in [1.807, 2.05) is 0 Å². The molecular weight excluding hydrogens is 1280 g/mol. The van der Waals surface area contributed by atoms with Gasteiger partial charge in [-0.15, -0.1) is 0 Å². The summed E-state index contributed by atoms with van der Waals surface area (Å²) in [6.45, 7) is 15.5. The second-order valence-electron chi connectivity index (χ2n) is 24.8. The number of carbonyl (C=O) groups is 17. The zero-order valence-corrected chi connectivity index (χ0v) is 56.8. The number of hydrogen-bond donors (Lipinski definition) is 19. The van der Waals surface area contributed by atoms with Crippen LogP contribution in [0.5, 0.6) is 0 Å². The third-order valence-electron chi connectivity index (χ3n) is 16.2. The number of amides is 13. The average molecular weight is 1380 g/mol. The monoisotopic (exact) mass is 1380 g/mol. The minimum absolute atomic E-state index is 0.115. The Labute approximate surface area is 562 Å². The van der Waals surface area contributed by atoms with Crippen molar-refractivity contribution in [1.82, 2.24) is 69.1 Å². The number of nitrogens with one attached hydrogen (secondary N) is 13. The van der Waals surface area contributed by atoms with Crippen molar-refractivity contribution in [3.63, 3.8) is 0 Å². The molecule has 1 aliphatic rings. The Balaban J connectivity index is 3.57. The van der Waals surface area contributed by atoms with Crippen LogP contribution in [0.4, 0.5) is 0 Å². The first-order valence-electron chi connectivity index (χ1n) is 32.6. The SMILES string of the molecule is CC[C@H](C)[C@H](NC(=O)[C@H](CCCCN)NC(=O)[C@H](CC(=O)O)NC(=O)[C@@H](NC(=O)[C@@H](NC(=O)[C@H](CCC(N)=O)NC(=O)[C@H](CC(C)C)NC(=O)[C@H](CCC(=O)O)NC(=O)CNC(=O)[C@H](C)NC(=O)[C@@H]1CCCN1)[C@@H](C)CC)[C@@H](C)CC)C(=O)N[C@@H](CC(=O)O)C(=O)N[C@@H](C)C(=O)O. The Morgan fingerprint density at radius 1 is 0.443 bits per heavy atom. The average Bonchev–Trinajstić information content (AvgIpc) is 1.33. The van der Waals surface area contributed by atoms with E-state index in [0.717, 1.165) is 13.3 Å². The Hall–Kier alpha value is -9.09. The van der Waals surface area contributed by atoms with Gasteiger partial charge < -0.3 is 101 Å². The first kappa shape index (κ1) is 85.9. The van der Waals surface area contributed by atoms with Crippen LogP contribution in [-0.4, -0.2) is 213 Å². The molecule has 1 saturated heterocycles. The molecular formula is C61H103N15O21. The van der Waals surface area contributed by atoms with E-state index in [4.69, 9.17) is 11.5 Å². The third kappa shape index (κ3) is 32.0. The van der Waals surface area contributed by atoms with Crippen LogP contribution in [0.15, 0.2) is 0 Å². The third-order valence-corrected chi connectivity index (χ3v) is 16.2. The van der Waals surface area contributed by atoms with E-state index in [0.29, 0.717) is 19.4 Å². The van der Waals surface area contributed by atoms with Gasteiger partial charge in [0.25, 0.3) is 0 Å². The van der Waals surface area contributed by atoms with Crippen LogP contribution in [0.2, 0.25) is 0 Å². The van der Waals surface area contributed by atoms with Gasteiger partial charge in [-0.25, -0.2) is 0 Å². The molecule has 0 saturated carbocycles. The van der Waals surface area contributed by atoms with Gasteiger partial charge in [0, 0.05) is 12.8 Å². The maximum absolute atomic E-state index is 14.5. The molecule has 548 valence electrons. The number of carboxylic acids is 4. The molecule has 0 aromatic rings. The normalized spacial score (nSPS) is 17.0. The minimum atomic E-state index is -1.96. The van der Waals surface area contributed by atoms with E-state index in [1.54, 1.807) is 41.5 Å². The number of rotatable bonds is 47. The molecule has 0 spiro atoms. The van der Waals surface area contributed by atoms with Crippen LogP contribution in [0.1, 0.15) is 166 Å². The van der Waals surface area contributed by atoms with Gasteiger partial charge in [-0.05, 0) is 102 Å². The molecule has 36 heteroatoms. The van der Waals surface area contributed by atoms with Crippen LogP contribution in [-0.2, 0) is 81.5 Å². The molecule has 0 bridgehead atoms. The molecule has 15 atom stereocenters. The molecule has 97 heavy (non-hydrogen) atoms. The fraction of sp³-hybridized carbons (Fsp3) is 0.721. The highest BCUT2D eigenvalue weighted by Crippen LogP contribution is 2.17. The summed E-state index contributed by atoms with van der Waals surface area (Å²) in [6.07, 6.45) is -2.08. The van der Waals surface area contributed by atoms with Gasteiger partial charge in [-0.2, -0.15) is 0 Å². The van der Waals surface area contributed by atoms with Crippen molar-refractivity contribution in [1.29, 1.82) is 0 Å². The van der Waals surface area contributed by atoms with Gasteiger partial charge in [0.2, 0.25) is 76.8 Å². The molecule has 21 N–H and O–H groups in total. The molecule has 36 nitrogen and oxygen atoms in total. The van der Waals surface area contributed by atoms with Gasteiger partial charge >= 0.3 is 23.9 Å². The molecule has 0 aliphatic carbocycles. The highest BCUT2D eigenvalue weighted by molar-refractivity contribution is 6.00. The number of nitrogens with two attached hydrogens (primary N) is 2.